The van der Waals surface area contributed by atoms with E-state index in [1.54, 1.807) is 13.8 Å². The lowest BCUT2D eigenvalue weighted by molar-refractivity contribution is 0.315. The molecule has 0 aliphatic heterocycles. The van der Waals surface area contributed by atoms with Crippen LogP contribution in [0.25, 0.3) is 0 Å². The molecule has 0 fully saturated rings. The molecule has 0 heterocycles. The SMILES string of the molecule is CCC(CC(N)=NO)NCC(C)(C)S(C)(=O)=O. The minimum Gasteiger partial charge on any atom is -0.409 e. The van der Waals surface area contributed by atoms with E-state index in [4.69, 9.17) is 10.9 Å². The first-order valence-electron chi connectivity index (χ1n) is 5.53. The second kappa shape index (κ2) is 6.20. The quantitative estimate of drug-likeness (QED) is 0.266. The van der Waals surface area contributed by atoms with Crippen LogP contribution in [0.5, 0.6) is 0 Å². The summed E-state index contributed by atoms with van der Waals surface area (Å²) in [5.41, 5.74) is 5.42. The number of sulfone groups is 1. The molecule has 0 radical (unpaired) electrons. The summed E-state index contributed by atoms with van der Waals surface area (Å²) < 4.78 is 22.2. The highest BCUT2D eigenvalue weighted by molar-refractivity contribution is 7.92. The van der Waals surface area contributed by atoms with E-state index in [9.17, 15) is 8.42 Å². The largest absolute Gasteiger partial charge is 0.409 e. The summed E-state index contributed by atoms with van der Waals surface area (Å²) >= 11 is 0. The van der Waals surface area contributed by atoms with Gasteiger partial charge in [0.15, 0.2) is 9.84 Å². The third-order valence-electron chi connectivity index (χ3n) is 2.90. The summed E-state index contributed by atoms with van der Waals surface area (Å²) in [7, 11) is -3.11. The Morgan fingerprint density at radius 1 is 1.53 bits per heavy atom. The van der Waals surface area contributed by atoms with Crippen LogP contribution in [-0.2, 0) is 9.84 Å². The van der Waals surface area contributed by atoms with Gasteiger partial charge in [0.2, 0.25) is 0 Å². The number of rotatable bonds is 7. The number of nitrogens with one attached hydrogen (secondary N) is 1. The Hall–Kier alpha value is -0.820. The summed E-state index contributed by atoms with van der Waals surface area (Å²) in [6.45, 7) is 5.63. The van der Waals surface area contributed by atoms with Crippen LogP contribution in [0.15, 0.2) is 5.16 Å². The van der Waals surface area contributed by atoms with E-state index in [1.807, 2.05) is 6.92 Å². The molecule has 4 N–H and O–H groups in total. The van der Waals surface area contributed by atoms with Gasteiger partial charge in [-0.3, -0.25) is 0 Å². The van der Waals surface area contributed by atoms with Crippen LogP contribution in [-0.4, -0.2) is 43.1 Å². The molecule has 0 aromatic heterocycles. The number of nitrogens with two attached hydrogens (primary N) is 1. The maximum Gasteiger partial charge on any atom is 0.153 e. The lowest BCUT2D eigenvalue weighted by Crippen LogP contribution is -2.46. The zero-order valence-corrected chi connectivity index (χ0v) is 11.7. The summed E-state index contributed by atoms with van der Waals surface area (Å²) in [5.74, 6) is 0.140. The van der Waals surface area contributed by atoms with Crippen molar-refractivity contribution in [3.8, 4) is 0 Å². The smallest absolute Gasteiger partial charge is 0.153 e. The van der Waals surface area contributed by atoms with Crippen molar-refractivity contribution in [3.05, 3.63) is 0 Å². The van der Waals surface area contributed by atoms with E-state index in [0.29, 0.717) is 13.0 Å². The minimum atomic E-state index is -3.11. The van der Waals surface area contributed by atoms with E-state index < -0.39 is 14.6 Å². The number of oxime groups is 1. The van der Waals surface area contributed by atoms with E-state index >= 15 is 0 Å². The van der Waals surface area contributed by atoms with Crippen molar-refractivity contribution in [1.82, 2.24) is 5.32 Å². The van der Waals surface area contributed by atoms with Crippen LogP contribution in [0.2, 0.25) is 0 Å². The highest BCUT2D eigenvalue weighted by atomic mass is 32.2. The topological polar surface area (TPSA) is 105 Å². The Labute approximate surface area is 103 Å². The molecule has 0 saturated carbocycles. The third-order valence-corrected chi connectivity index (χ3v) is 5.05. The molecular formula is C10H23N3O3S. The van der Waals surface area contributed by atoms with E-state index in [-0.39, 0.29) is 11.9 Å². The molecule has 0 spiro atoms. The molecule has 0 aliphatic rings. The molecule has 0 saturated heterocycles. The van der Waals surface area contributed by atoms with Crippen molar-refractivity contribution in [2.45, 2.75) is 44.4 Å². The Bertz CT molecular complexity index is 363. The van der Waals surface area contributed by atoms with Crippen molar-refractivity contribution in [1.29, 1.82) is 0 Å². The van der Waals surface area contributed by atoms with E-state index in [0.717, 1.165) is 6.42 Å². The second-order valence-corrected chi connectivity index (χ2v) is 7.46. The normalized spacial score (nSPS) is 15.9. The first-order chi connectivity index (χ1) is 7.64. The predicted octanol–water partition coefficient (Wildman–Crippen LogP) is 0.314. The standard InChI is InChI=1S/C10H23N3O3S/c1-5-8(6-9(11)13-14)12-7-10(2,3)17(4,15)16/h8,12,14H,5-7H2,1-4H3,(H2,11,13). The minimum absolute atomic E-state index is 0.00641. The van der Waals surface area contributed by atoms with Crippen molar-refractivity contribution >= 4 is 15.7 Å². The zero-order valence-electron chi connectivity index (χ0n) is 10.9. The summed E-state index contributed by atoms with van der Waals surface area (Å²) in [5, 5.41) is 14.5. The van der Waals surface area contributed by atoms with E-state index in [2.05, 4.69) is 10.5 Å². The number of amidine groups is 1. The third kappa shape index (κ3) is 5.36. The van der Waals surface area contributed by atoms with Crippen LogP contribution in [0, 0.1) is 0 Å². The first kappa shape index (κ1) is 16.2. The highest BCUT2D eigenvalue weighted by Crippen LogP contribution is 2.14. The van der Waals surface area contributed by atoms with Gasteiger partial charge in [-0.1, -0.05) is 12.1 Å². The average Bonchev–Trinajstić information content (AvgIpc) is 2.22. The zero-order chi connectivity index (χ0) is 13.7. The van der Waals surface area contributed by atoms with E-state index in [1.165, 1.54) is 6.26 Å². The maximum atomic E-state index is 11.5. The fourth-order valence-corrected chi connectivity index (χ4v) is 1.52. The van der Waals surface area contributed by atoms with Gasteiger partial charge < -0.3 is 16.3 Å². The molecule has 0 aliphatic carbocycles. The molecule has 0 amide bonds. The van der Waals surface area contributed by atoms with Crippen LogP contribution in [0.1, 0.15) is 33.6 Å². The summed E-state index contributed by atoms with van der Waals surface area (Å²) in [6, 6.07) is 0.00641. The Balaban J connectivity index is 4.44. The molecule has 0 aromatic rings. The Kier molecular flexibility index (Phi) is 5.91. The monoisotopic (exact) mass is 265 g/mol. The molecule has 0 rings (SSSR count). The molecule has 7 heteroatoms. The molecule has 1 atom stereocenters. The summed E-state index contributed by atoms with van der Waals surface area (Å²) in [6.07, 6.45) is 2.39. The van der Waals surface area contributed by atoms with Gasteiger partial charge in [0.25, 0.3) is 0 Å². The molecule has 1 unspecified atom stereocenters. The van der Waals surface area contributed by atoms with Crippen molar-refractivity contribution in [3.63, 3.8) is 0 Å². The van der Waals surface area contributed by atoms with Crippen molar-refractivity contribution < 1.29 is 13.6 Å². The molecule has 0 aromatic carbocycles. The number of hydrogen-bond acceptors (Lipinski definition) is 5. The summed E-state index contributed by atoms with van der Waals surface area (Å²) in [4.78, 5) is 0. The molecule has 102 valence electrons. The Morgan fingerprint density at radius 3 is 2.41 bits per heavy atom. The van der Waals surface area contributed by atoms with Crippen LogP contribution in [0.4, 0.5) is 0 Å². The molecular weight excluding hydrogens is 242 g/mol. The van der Waals surface area contributed by atoms with Gasteiger partial charge in [-0.05, 0) is 20.3 Å². The lowest BCUT2D eigenvalue weighted by Gasteiger charge is -2.26. The van der Waals surface area contributed by atoms with Gasteiger partial charge in [0, 0.05) is 25.3 Å². The van der Waals surface area contributed by atoms with Gasteiger partial charge in [0.1, 0.15) is 5.84 Å². The van der Waals surface area contributed by atoms with Crippen LogP contribution >= 0.6 is 0 Å². The number of nitrogens with zero attached hydrogens (tertiary/aromatic N) is 1. The fourth-order valence-electron chi connectivity index (χ4n) is 1.18. The van der Waals surface area contributed by atoms with Gasteiger partial charge in [-0.25, -0.2) is 8.42 Å². The van der Waals surface area contributed by atoms with Crippen LogP contribution < -0.4 is 11.1 Å². The highest BCUT2D eigenvalue weighted by Gasteiger charge is 2.30. The maximum absolute atomic E-state index is 11.5. The molecule has 6 nitrogen and oxygen atoms in total. The number of hydrogen-bond donors (Lipinski definition) is 3. The molecule has 17 heavy (non-hydrogen) atoms. The first-order valence-corrected chi connectivity index (χ1v) is 7.42. The average molecular weight is 265 g/mol. The Morgan fingerprint density at radius 2 is 2.06 bits per heavy atom. The van der Waals surface area contributed by atoms with Crippen molar-refractivity contribution in [2.24, 2.45) is 10.9 Å². The van der Waals surface area contributed by atoms with Gasteiger partial charge in [-0.2, -0.15) is 0 Å². The fraction of sp³-hybridized carbons (Fsp3) is 0.900. The van der Waals surface area contributed by atoms with Crippen molar-refractivity contribution in [2.75, 3.05) is 12.8 Å². The predicted molar refractivity (Wildman–Crippen MR) is 69.0 cm³/mol. The second-order valence-electron chi connectivity index (χ2n) is 4.81. The van der Waals surface area contributed by atoms with Gasteiger partial charge >= 0.3 is 0 Å². The lowest BCUT2D eigenvalue weighted by atomic mass is 10.1. The van der Waals surface area contributed by atoms with Gasteiger partial charge in [0.05, 0.1) is 4.75 Å². The molecule has 0 bridgehead atoms. The van der Waals surface area contributed by atoms with Crippen LogP contribution in [0.3, 0.4) is 0 Å². The van der Waals surface area contributed by atoms with Gasteiger partial charge in [-0.15, -0.1) is 0 Å².